The molecule has 1 aromatic heterocycles. The average Bonchev–Trinajstić information content (AvgIpc) is 3.22. The molecule has 0 unspecified atom stereocenters. The molecule has 1 heterocycles. The SMILES string of the molecule is CNC(=O)c1ccc(NC(=O)c2ccc(-n3cncn3)c([N+](=O)[O-])c2)c(C)c1. The van der Waals surface area contributed by atoms with Crippen molar-refractivity contribution in [2.45, 2.75) is 6.92 Å². The third-order valence-corrected chi connectivity index (χ3v) is 4.06. The van der Waals surface area contributed by atoms with Crippen LogP contribution in [0.15, 0.2) is 49.1 Å². The molecule has 142 valence electrons. The quantitative estimate of drug-likeness (QED) is 0.514. The van der Waals surface area contributed by atoms with Gasteiger partial charge in [0.1, 0.15) is 18.3 Å². The fraction of sp³-hybridized carbons (Fsp3) is 0.111. The van der Waals surface area contributed by atoms with E-state index >= 15 is 0 Å². The van der Waals surface area contributed by atoms with Gasteiger partial charge in [-0.05, 0) is 42.8 Å². The number of nitrogens with one attached hydrogen (secondary N) is 2. The smallest absolute Gasteiger partial charge is 0.295 e. The minimum Gasteiger partial charge on any atom is -0.355 e. The van der Waals surface area contributed by atoms with Crippen LogP contribution in [-0.2, 0) is 0 Å². The van der Waals surface area contributed by atoms with E-state index in [0.29, 0.717) is 16.8 Å². The van der Waals surface area contributed by atoms with E-state index in [2.05, 4.69) is 20.7 Å². The van der Waals surface area contributed by atoms with Crippen molar-refractivity contribution in [1.29, 1.82) is 0 Å². The zero-order valence-electron chi connectivity index (χ0n) is 15.0. The van der Waals surface area contributed by atoms with Gasteiger partial charge in [0.15, 0.2) is 0 Å². The van der Waals surface area contributed by atoms with E-state index in [1.807, 2.05) is 0 Å². The second-order valence-electron chi connectivity index (χ2n) is 5.86. The van der Waals surface area contributed by atoms with Gasteiger partial charge in [-0.3, -0.25) is 19.7 Å². The first-order valence-electron chi connectivity index (χ1n) is 8.18. The second-order valence-corrected chi connectivity index (χ2v) is 5.86. The number of anilines is 1. The molecule has 28 heavy (non-hydrogen) atoms. The van der Waals surface area contributed by atoms with Gasteiger partial charge in [-0.2, -0.15) is 5.10 Å². The van der Waals surface area contributed by atoms with Crippen LogP contribution < -0.4 is 10.6 Å². The highest BCUT2D eigenvalue weighted by molar-refractivity contribution is 6.05. The first kappa shape index (κ1) is 18.7. The van der Waals surface area contributed by atoms with Crippen LogP contribution in [-0.4, -0.2) is 38.5 Å². The second kappa shape index (κ2) is 7.66. The van der Waals surface area contributed by atoms with Gasteiger partial charge in [0.25, 0.3) is 17.5 Å². The summed E-state index contributed by atoms with van der Waals surface area (Å²) in [6.45, 7) is 1.75. The lowest BCUT2D eigenvalue weighted by molar-refractivity contribution is -0.384. The summed E-state index contributed by atoms with van der Waals surface area (Å²) in [6, 6.07) is 8.91. The Bertz CT molecular complexity index is 1060. The summed E-state index contributed by atoms with van der Waals surface area (Å²) < 4.78 is 1.25. The first-order valence-corrected chi connectivity index (χ1v) is 8.18. The van der Waals surface area contributed by atoms with Gasteiger partial charge in [-0.15, -0.1) is 0 Å². The highest BCUT2D eigenvalue weighted by Gasteiger charge is 2.20. The molecule has 2 aromatic carbocycles. The maximum atomic E-state index is 12.6. The Labute approximate surface area is 159 Å². The van der Waals surface area contributed by atoms with Crippen LogP contribution in [0.2, 0.25) is 0 Å². The lowest BCUT2D eigenvalue weighted by Crippen LogP contribution is -2.18. The van der Waals surface area contributed by atoms with Crippen LogP contribution in [0.1, 0.15) is 26.3 Å². The van der Waals surface area contributed by atoms with Gasteiger partial charge in [0, 0.05) is 29.9 Å². The number of hydrogen-bond acceptors (Lipinski definition) is 6. The van der Waals surface area contributed by atoms with Crippen LogP contribution >= 0.6 is 0 Å². The van der Waals surface area contributed by atoms with E-state index < -0.39 is 10.8 Å². The molecule has 2 N–H and O–H groups in total. The zero-order chi connectivity index (χ0) is 20.3. The minimum absolute atomic E-state index is 0.116. The van der Waals surface area contributed by atoms with Gasteiger partial charge >= 0.3 is 0 Å². The van der Waals surface area contributed by atoms with E-state index in [1.165, 1.54) is 42.6 Å². The number of amides is 2. The Balaban J connectivity index is 1.88. The molecule has 0 aliphatic heterocycles. The van der Waals surface area contributed by atoms with E-state index in [-0.39, 0.29) is 22.8 Å². The summed E-state index contributed by atoms with van der Waals surface area (Å²) >= 11 is 0. The first-order chi connectivity index (χ1) is 13.4. The van der Waals surface area contributed by atoms with E-state index in [4.69, 9.17) is 0 Å². The number of carbonyl (C=O) groups excluding carboxylic acids is 2. The summed E-state index contributed by atoms with van der Waals surface area (Å²) in [6.07, 6.45) is 2.59. The molecule has 2 amide bonds. The highest BCUT2D eigenvalue weighted by Crippen LogP contribution is 2.24. The number of aromatic nitrogens is 3. The highest BCUT2D eigenvalue weighted by atomic mass is 16.6. The molecule has 0 radical (unpaired) electrons. The molecule has 0 saturated carbocycles. The number of nitrogens with zero attached hydrogens (tertiary/aromatic N) is 4. The summed E-state index contributed by atoms with van der Waals surface area (Å²) in [5, 5.41) is 20.5. The maximum Gasteiger partial charge on any atom is 0.295 e. The predicted molar refractivity (Wildman–Crippen MR) is 101 cm³/mol. The van der Waals surface area contributed by atoms with Crippen LogP contribution in [0.5, 0.6) is 0 Å². The summed E-state index contributed by atoms with van der Waals surface area (Å²) in [5.74, 6) is -0.746. The number of nitro benzene ring substituents is 1. The predicted octanol–water partition coefficient (Wildman–Crippen LogP) is 2.10. The normalized spacial score (nSPS) is 10.4. The van der Waals surface area contributed by atoms with Crippen molar-refractivity contribution < 1.29 is 14.5 Å². The van der Waals surface area contributed by atoms with Gasteiger partial charge in [-0.25, -0.2) is 9.67 Å². The van der Waals surface area contributed by atoms with E-state index in [0.717, 1.165) is 0 Å². The molecular formula is C18H16N6O4. The molecule has 3 rings (SSSR count). The molecule has 0 aliphatic rings. The summed E-state index contributed by atoms with van der Waals surface area (Å²) in [7, 11) is 1.53. The fourth-order valence-corrected chi connectivity index (χ4v) is 2.62. The Hall–Kier alpha value is -4.08. The van der Waals surface area contributed by atoms with Crippen molar-refractivity contribution in [3.63, 3.8) is 0 Å². The van der Waals surface area contributed by atoms with Crippen molar-refractivity contribution in [2.24, 2.45) is 0 Å². The Kier molecular flexibility index (Phi) is 5.12. The molecule has 10 nitrogen and oxygen atoms in total. The van der Waals surface area contributed by atoms with Crippen LogP contribution in [0.25, 0.3) is 5.69 Å². The monoisotopic (exact) mass is 380 g/mol. The van der Waals surface area contributed by atoms with Gasteiger partial charge in [-0.1, -0.05) is 0 Å². The van der Waals surface area contributed by atoms with E-state index in [1.54, 1.807) is 25.1 Å². The molecule has 10 heteroatoms. The summed E-state index contributed by atoms with van der Waals surface area (Å²) in [5.41, 5.74) is 1.69. The summed E-state index contributed by atoms with van der Waals surface area (Å²) in [4.78, 5) is 38.8. The van der Waals surface area contributed by atoms with Crippen molar-refractivity contribution in [1.82, 2.24) is 20.1 Å². The van der Waals surface area contributed by atoms with Crippen molar-refractivity contribution >= 4 is 23.2 Å². The van der Waals surface area contributed by atoms with Crippen molar-refractivity contribution in [3.8, 4) is 5.69 Å². The molecule has 3 aromatic rings. The number of carbonyl (C=O) groups is 2. The van der Waals surface area contributed by atoms with Gasteiger partial charge in [0.05, 0.1) is 4.92 Å². The largest absolute Gasteiger partial charge is 0.355 e. The fourth-order valence-electron chi connectivity index (χ4n) is 2.62. The Morgan fingerprint density at radius 1 is 1.11 bits per heavy atom. The number of hydrogen-bond donors (Lipinski definition) is 2. The molecule has 0 spiro atoms. The third-order valence-electron chi connectivity index (χ3n) is 4.06. The third kappa shape index (κ3) is 3.70. The average molecular weight is 380 g/mol. The van der Waals surface area contributed by atoms with E-state index in [9.17, 15) is 19.7 Å². The molecule has 0 aliphatic carbocycles. The zero-order valence-corrected chi connectivity index (χ0v) is 15.0. The lowest BCUT2D eigenvalue weighted by Gasteiger charge is -2.11. The topological polar surface area (TPSA) is 132 Å². The Morgan fingerprint density at radius 3 is 2.43 bits per heavy atom. The van der Waals surface area contributed by atoms with Crippen LogP contribution in [0.3, 0.4) is 0 Å². The molecule has 0 atom stereocenters. The maximum absolute atomic E-state index is 12.6. The Morgan fingerprint density at radius 2 is 1.82 bits per heavy atom. The number of rotatable bonds is 5. The molecular weight excluding hydrogens is 364 g/mol. The van der Waals surface area contributed by atoms with Crippen molar-refractivity contribution in [2.75, 3.05) is 12.4 Å². The standard InChI is InChI=1S/C18H16N6O4/c1-11-7-12(17(25)19-2)3-5-14(11)22-18(26)13-4-6-15(16(8-13)24(27)28)23-10-20-9-21-23/h3-10H,1-2H3,(H,19,25)(H,22,26). The van der Waals surface area contributed by atoms with Crippen molar-refractivity contribution in [3.05, 3.63) is 75.9 Å². The number of benzene rings is 2. The molecule has 0 saturated heterocycles. The molecule has 0 bridgehead atoms. The van der Waals surface area contributed by atoms with Gasteiger partial charge < -0.3 is 10.6 Å². The number of nitro groups is 1. The molecule has 0 fully saturated rings. The lowest BCUT2D eigenvalue weighted by atomic mass is 10.1. The van der Waals surface area contributed by atoms with Crippen LogP contribution in [0.4, 0.5) is 11.4 Å². The number of aryl methyl sites for hydroxylation is 1. The minimum atomic E-state index is -0.586. The van der Waals surface area contributed by atoms with Gasteiger partial charge in [0.2, 0.25) is 0 Å². The van der Waals surface area contributed by atoms with Crippen LogP contribution in [0, 0.1) is 17.0 Å².